The Morgan fingerprint density at radius 2 is 1.94 bits per heavy atom. The first-order valence-corrected chi connectivity index (χ1v) is 13.3. The van der Waals surface area contributed by atoms with Gasteiger partial charge in [0.05, 0.1) is 6.61 Å². The van der Waals surface area contributed by atoms with Crippen molar-refractivity contribution in [2.45, 2.75) is 30.6 Å². The van der Waals surface area contributed by atoms with E-state index in [2.05, 4.69) is 5.32 Å². The summed E-state index contributed by atoms with van der Waals surface area (Å²) in [5, 5.41) is 2.56. The number of thioether (sulfide) groups is 1. The molecular weight excluding hydrogens is 471 g/mol. The Bertz CT molecular complexity index is 1060. The number of ether oxygens (including phenoxy) is 1. The number of amides is 1. The number of hydrogen-bond donors (Lipinski definition) is 1. The molecule has 1 saturated heterocycles. The second-order valence-corrected chi connectivity index (χ2v) is 10.4. The maximum absolute atomic E-state index is 13.6. The van der Waals surface area contributed by atoms with Crippen LogP contribution in [0.15, 0.2) is 45.9 Å². The fraction of sp³-hybridized carbons (Fsp3) is 0.455. The second kappa shape index (κ2) is 11.7. The quantitative estimate of drug-likeness (QED) is 0.396. The molecule has 0 radical (unpaired) electrons. The Labute approximate surface area is 196 Å². The van der Waals surface area contributed by atoms with Gasteiger partial charge in [-0.25, -0.2) is 17.6 Å². The zero-order valence-corrected chi connectivity index (χ0v) is 19.9. The molecule has 11 heteroatoms. The first-order chi connectivity index (χ1) is 15.8. The summed E-state index contributed by atoms with van der Waals surface area (Å²) in [6, 6.07) is 9.11. The molecule has 1 aromatic heterocycles. The van der Waals surface area contributed by atoms with E-state index in [1.54, 1.807) is 25.1 Å². The fourth-order valence-corrected chi connectivity index (χ4v) is 5.67. The first kappa shape index (κ1) is 25.3. The number of nitrogens with one attached hydrogen (secondary N) is 1. The number of esters is 1. The molecular formula is C22H27FN2O6S2. The standard InChI is InChI=1S/C22H27FN2O6S2/c1-2-30-22(27)19-7-8-20(31-19)33(28,29)25-12-9-16(10-13-25)21(26)24-11-14-32-15-17-5-3-4-6-18(17)23/h3-8,16H,2,9-15H2,1H3,(H,24,26). The predicted octanol–water partition coefficient (Wildman–Crippen LogP) is 3.05. The highest BCUT2D eigenvalue weighted by Crippen LogP contribution is 2.25. The first-order valence-electron chi connectivity index (χ1n) is 10.7. The maximum Gasteiger partial charge on any atom is 0.374 e. The molecule has 1 aromatic carbocycles. The highest BCUT2D eigenvalue weighted by molar-refractivity contribution is 7.98. The number of benzene rings is 1. The average molecular weight is 499 g/mol. The molecule has 0 saturated carbocycles. The largest absolute Gasteiger partial charge is 0.460 e. The van der Waals surface area contributed by atoms with Gasteiger partial charge in [-0.15, -0.1) is 0 Å². The molecule has 2 heterocycles. The van der Waals surface area contributed by atoms with Gasteiger partial charge in [-0.05, 0) is 43.5 Å². The Balaban J connectivity index is 1.42. The van der Waals surface area contributed by atoms with Crippen LogP contribution in [0, 0.1) is 11.7 Å². The van der Waals surface area contributed by atoms with Gasteiger partial charge < -0.3 is 14.5 Å². The Morgan fingerprint density at radius 1 is 1.21 bits per heavy atom. The molecule has 0 bridgehead atoms. The van der Waals surface area contributed by atoms with Crippen molar-refractivity contribution in [2.75, 3.05) is 32.0 Å². The lowest BCUT2D eigenvalue weighted by atomic mass is 9.97. The van der Waals surface area contributed by atoms with Crippen molar-refractivity contribution < 1.29 is 31.6 Å². The van der Waals surface area contributed by atoms with Crippen molar-refractivity contribution in [1.82, 2.24) is 9.62 Å². The van der Waals surface area contributed by atoms with Crippen LogP contribution in [0.1, 0.15) is 35.9 Å². The van der Waals surface area contributed by atoms with E-state index in [0.29, 0.717) is 36.5 Å². The molecule has 0 unspecified atom stereocenters. The van der Waals surface area contributed by atoms with Crippen LogP contribution in [0.25, 0.3) is 0 Å². The van der Waals surface area contributed by atoms with Crippen molar-refractivity contribution in [1.29, 1.82) is 0 Å². The van der Waals surface area contributed by atoms with E-state index in [9.17, 15) is 22.4 Å². The summed E-state index contributed by atoms with van der Waals surface area (Å²) < 4.78 is 50.5. The molecule has 0 spiro atoms. The van der Waals surface area contributed by atoms with Crippen molar-refractivity contribution in [3.63, 3.8) is 0 Å². The van der Waals surface area contributed by atoms with E-state index in [0.717, 1.165) is 0 Å². The number of sulfonamides is 1. The SMILES string of the molecule is CCOC(=O)c1ccc(S(=O)(=O)N2CCC(C(=O)NCCSCc3ccccc3F)CC2)o1. The van der Waals surface area contributed by atoms with Gasteiger partial charge >= 0.3 is 5.97 Å². The summed E-state index contributed by atoms with van der Waals surface area (Å²) in [4.78, 5) is 24.1. The molecule has 3 rings (SSSR count). The van der Waals surface area contributed by atoms with Crippen LogP contribution in [-0.2, 0) is 25.3 Å². The summed E-state index contributed by atoms with van der Waals surface area (Å²) in [6.45, 7) is 2.61. The molecule has 8 nitrogen and oxygen atoms in total. The van der Waals surface area contributed by atoms with Crippen LogP contribution in [0.4, 0.5) is 4.39 Å². The summed E-state index contributed by atoms with van der Waals surface area (Å²) >= 11 is 1.53. The van der Waals surface area contributed by atoms with E-state index in [4.69, 9.17) is 9.15 Å². The fourth-order valence-electron chi connectivity index (χ4n) is 3.44. The topological polar surface area (TPSA) is 106 Å². The van der Waals surface area contributed by atoms with Gasteiger partial charge in [-0.1, -0.05) is 18.2 Å². The lowest BCUT2D eigenvalue weighted by Gasteiger charge is -2.29. The molecule has 180 valence electrons. The zero-order valence-electron chi connectivity index (χ0n) is 18.3. The molecule has 33 heavy (non-hydrogen) atoms. The molecule has 1 N–H and O–H groups in total. The summed E-state index contributed by atoms with van der Waals surface area (Å²) in [7, 11) is -3.90. The van der Waals surface area contributed by atoms with Crippen LogP contribution in [-0.4, -0.2) is 56.6 Å². The number of hydrogen-bond acceptors (Lipinski definition) is 7. The van der Waals surface area contributed by atoms with Crippen LogP contribution in [0.5, 0.6) is 0 Å². The van der Waals surface area contributed by atoms with Gasteiger partial charge in [0.15, 0.2) is 0 Å². The Hall–Kier alpha value is -2.37. The third-order valence-electron chi connectivity index (χ3n) is 5.24. The highest BCUT2D eigenvalue weighted by atomic mass is 32.2. The molecule has 1 amide bonds. The van der Waals surface area contributed by atoms with Gasteiger partial charge in [-0.3, -0.25) is 4.79 Å². The third kappa shape index (κ3) is 6.58. The monoisotopic (exact) mass is 498 g/mol. The minimum absolute atomic E-state index is 0.110. The number of rotatable bonds is 10. The highest BCUT2D eigenvalue weighted by Gasteiger charge is 2.34. The number of halogens is 1. The normalized spacial score (nSPS) is 15.3. The van der Waals surface area contributed by atoms with E-state index < -0.39 is 16.0 Å². The smallest absolute Gasteiger partial charge is 0.374 e. The molecule has 1 aliphatic rings. The second-order valence-electron chi connectivity index (χ2n) is 7.45. The molecule has 1 fully saturated rings. The molecule has 1 aliphatic heterocycles. The predicted molar refractivity (Wildman–Crippen MR) is 122 cm³/mol. The van der Waals surface area contributed by atoms with E-state index >= 15 is 0 Å². The summed E-state index contributed by atoms with van der Waals surface area (Å²) in [6.07, 6.45) is 0.776. The van der Waals surface area contributed by atoms with Gasteiger partial charge in [0, 0.05) is 37.1 Å². The summed E-state index contributed by atoms with van der Waals surface area (Å²) in [5.74, 6) is -0.333. The molecule has 0 aliphatic carbocycles. The molecule has 2 aromatic rings. The van der Waals surface area contributed by atoms with Gasteiger partial charge in [0.2, 0.25) is 16.8 Å². The van der Waals surface area contributed by atoms with E-state index in [-0.39, 0.29) is 48.2 Å². The lowest BCUT2D eigenvalue weighted by molar-refractivity contribution is -0.125. The molecule has 0 atom stereocenters. The minimum Gasteiger partial charge on any atom is -0.460 e. The number of carbonyl (C=O) groups excluding carboxylic acids is 2. The van der Waals surface area contributed by atoms with Crippen molar-refractivity contribution in [3.8, 4) is 0 Å². The minimum atomic E-state index is -3.90. The van der Waals surface area contributed by atoms with Crippen molar-refractivity contribution >= 4 is 33.7 Å². The summed E-state index contributed by atoms with van der Waals surface area (Å²) in [5.41, 5.74) is 0.633. The maximum atomic E-state index is 13.6. The number of nitrogens with zero attached hydrogens (tertiary/aromatic N) is 1. The lowest BCUT2D eigenvalue weighted by Crippen LogP contribution is -2.43. The van der Waals surface area contributed by atoms with Gasteiger partial charge in [0.25, 0.3) is 10.0 Å². The number of piperidine rings is 1. The zero-order chi connectivity index (χ0) is 23.8. The van der Waals surface area contributed by atoms with Crippen molar-refractivity contribution in [2.24, 2.45) is 5.92 Å². The van der Waals surface area contributed by atoms with Gasteiger partial charge in [-0.2, -0.15) is 16.1 Å². The Kier molecular flexibility index (Phi) is 8.93. The Morgan fingerprint density at radius 3 is 2.64 bits per heavy atom. The van der Waals surface area contributed by atoms with Crippen LogP contribution < -0.4 is 5.32 Å². The van der Waals surface area contributed by atoms with E-state index in [1.165, 1.54) is 34.3 Å². The number of furan rings is 1. The van der Waals surface area contributed by atoms with Crippen LogP contribution in [0.3, 0.4) is 0 Å². The van der Waals surface area contributed by atoms with Crippen LogP contribution in [0.2, 0.25) is 0 Å². The van der Waals surface area contributed by atoms with E-state index in [1.807, 2.05) is 0 Å². The third-order valence-corrected chi connectivity index (χ3v) is 8.02. The average Bonchev–Trinajstić information content (AvgIpc) is 3.32. The number of carbonyl (C=O) groups is 2. The van der Waals surface area contributed by atoms with Crippen LogP contribution >= 0.6 is 11.8 Å². The van der Waals surface area contributed by atoms with Gasteiger partial charge in [0.1, 0.15) is 5.82 Å². The van der Waals surface area contributed by atoms with Crippen molar-refractivity contribution in [3.05, 3.63) is 53.5 Å².